The molecule has 2 nitrogen and oxygen atoms in total. The van der Waals surface area contributed by atoms with Crippen LogP contribution in [0.3, 0.4) is 0 Å². The maximum atomic E-state index is 12.9. The molecular formula is C12H12BrFN2S. The van der Waals surface area contributed by atoms with E-state index in [1.54, 1.807) is 17.4 Å². The normalized spacial score (nSPS) is 10.7. The van der Waals surface area contributed by atoms with Crippen molar-refractivity contribution < 1.29 is 4.39 Å². The molecule has 0 saturated heterocycles. The van der Waals surface area contributed by atoms with Gasteiger partial charge in [0.15, 0.2) is 0 Å². The number of hydrogen-bond acceptors (Lipinski definition) is 3. The minimum atomic E-state index is -0.219. The van der Waals surface area contributed by atoms with E-state index in [1.807, 2.05) is 11.6 Å². The van der Waals surface area contributed by atoms with Crippen LogP contribution in [0.4, 0.5) is 4.39 Å². The summed E-state index contributed by atoms with van der Waals surface area (Å²) in [7, 11) is 0. The number of thiazole rings is 1. The van der Waals surface area contributed by atoms with Crippen LogP contribution in [-0.2, 0) is 13.0 Å². The first-order valence-corrected chi connectivity index (χ1v) is 6.96. The van der Waals surface area contributed by atoms with E-state index in [4.69, 9.17) is 0 Å². The third-order valence-electron chi connectivity index (χ3n) is 2.33. The van der Waals surface area contributed by atoms with E-state index in [2.05, 4.69) is 26.2 Å². The van der Waals surface area contributed by atoms with E-state index in [0.29, 0.717) is 0 Å². The minimum absolute atomic E-state index is 0.219. The standard InChI is InChI=1S/C12H12BrFN2S/c13-11-7-10(14)2-1-9(11)8-15-4-3-12-16-5-6-17-12/h1-2,5-7,15H,3-4,8H2. The lowest BCUT2D eigenvalue weighted by Gasteiger charge is -2.06. The highest BCUT2D eigenvalue weighted by Crippen LogP contribution is 2.17. The largest absolute Gasteiger partial charge is 0.312 e. The fourth-order valence-electron chi connectivity index (χ4n) is 1.46. The highest BCUT2D eigenvalue weighted by molar-refractivity contribution is 9.10. The second-order valence-electron chi connectivity index (χ2n) is 3.59. The van der Waals surface area contributed by atoms with Gasteiger partial charge in [-0.15, -0.1) is 11.3 Å². The molecule has 0 unspecified atom stereocenters. The zero-order chi connectivity index (χ0) is 12.1. The number of nitrogens with one attached hydrogen (secondary N) is 1. The van der Waals surface area contributed by atoms with Gasteiger partial charge in [-0.2, -0.15) is 0 Å². The SMILES string of the molecule is Fc1ccc(CNCCc2nccs2)c(Br)c1. The maximum Gasteiger partial charge on any atom is 0.124 e. The summed E-state index contributed by atoms with van der Waals surface area (Å²) in [5.41, 5.74) is 1.06. The number of benzene rings is 1. The van der Waals surface area contributed by atoms with Crippen molar-refractivity contribution in [2.75, 3.05) is 6.54 Å². The predicted octanol–water partition coefficient (Wildman–Crippen LogP) is 3.38. The van der Waals surface area contributed by atoms with Gasteiger partial charge in [0, 0.05) is 35.6 Å². The molecule has 0 aliphatic carbocycles. The third-order valence-corrected chi connectivity index (χ3v) is 3.91. The molecule has 0 atom stereocenters. The summed E-state index contributed by atoms with van der Waals surface area (Å²) in [6.45, 7) is 1.60. The molecule has 5 heteroatoms. The molecule has 0 radical (unpaired) electrons. The van der Waals surface area contributed by atoms with Gasteiger partial charge in [0.2, 0.25) is 0 Å². The first-order valence-electron chi connectivity index (χ1n) is 5.29. The van der Waals surface area contributed by atoms with Crippen molar-refractivity contribution in [3.63, 3.8) is 0 Å². The molecule has 0 spiro atoms. The summed E-state index contributed by atoms with van der Waals surface area (Å²) >= 11 is 5.01. The quantitative estimate of drug-likeness (QED) is 0.856. The average Bonchev–Trinajstić information content (AvgIpc) is 2.79. The van der Waals surface area contributed by atoms with Crippen LogP contribution in [0.15, 0.2) is 34.2 Å². The van der Waals surface area contributed by atoms with Gasteiger partial charge < -0.3 is 5.32 Å². The molecule has 17 heavy (non-hydrogen) atoms. The Kier molecular flexibility index (Phi) is 4.65. The summed E-state index contributed by atoms with van der Waals surface area (Å²) in [4.78, 5) is 4.21. The molecular weight excluding hydrogens is 303 g/mol. The molecule has 2 rings (SSSR count). The lowest BCUT2D eigenvalue weighted by Crippen LogP contribution is -2.16. The van der Waals surface area contributed by atoms with Crippen LogP contribution in [0.25, 0.3) is 0 Å². The maximum absolute atomic E-state index is 12.9. The van der Waals surface area contributed by atoms with Gasteiger partial charge in [0.1, 0.15) is 5.82 Å². The number of hydrogen-bond donors (Lipinski definition) is 1. The third kappa shape index (κ3) is 3.87. The zero-order valence-corrected chi connectivity index (χ0v) is 11.5. The van der Waals surface area contributed by atoms with Crippen molar-refractivity contribution in [3.05, 3.63) is 50.6 Å². The fraction of sp³-hybridized carbons (Fsp3) is 0.250. The second-order valence-corrected chi connectivity index (χ2v) is 5.42. The van der Waals surface area contributed by atoms with Crippen molar-refractivity contribution >= 4 is 27.3 Å². The van der Waals surface area contributed by atoms with Crippen LogP contribution >= 0.6 is 27.3 Å². The summed E-state index contributed by atoms with van der Waals surface area (Å²) in [6.07, 6.45) is 2.74. The van der Waals surface area contributed by atoms with Gasteiger partial charge >= 0.3 is 0 Å². The van der Waals surface area contributed by atoms with E-state index in [-0.39, 0.29) is 5.82 Å². The Morgan fingerprint density at radius 3 is 3.00 bits per heavy atom. The van der Waals surface area contributed by atoms with E-state index in [9.17, 15) is 4.39 Å². The van der Waals surface area contributed by atoms with Crippen LogP contribution in [0.2, 0.25) is 0 Å². The Bertz CT molecular complexity index is 473. The topological polar surface area (TPSA) is 24.9 Å². The molecule has 0 amide bonds. The van der Waals surface area contributed by atoms with Crippen LogP contribution in [-0.4, -0.2) is 11.5 Å². The number of rotatable bonds is 5. The molecule has 1 heterocycles. The molecule has 90 valence electrons. The molecule has 0 fully saturated rings. The predicted molar refractivity (Wildman–Crippen MR) is 71.6 cm³/mol. The second kappa shape index (κ2) is 6.23. The Balaban J connectivity index is 1.78. The summed E-state index contributed by atoms with van der Waals surface area (Å²) in [5.74, 6) is -0.219. The molecule has 1 aromatic heterocycles. The Hall–Kier alpha value is -0.780. The van der Waals surface area contributed by atoms with Crippen molar-refractivity contribution in [2.24, 2.45) is 0 Å². The Labute approximate surface area is 112 Å². The van der Waals surface area contributed by atoms with Crippen LogP contribution in [0, 0.1) is 5.82 Å². The lowest BCUT2D eigenvalue weighted by atomic mass is 10.2. The van der Waals surface area contributed by atoms with Crippen molar-refractivity contribution in [3.8, 4) is 0 Å². The van der Waals surface area contributed by atoms with Gasteiger partial charge in [-0.3, -0.25) is 0 Å². The Morgan fingerprint density at radius 2 is 2.29 bits per heavy atom. The average molecular weight is 315 g/mol. The molecule has 1 N–H and O–H groups in total. The highest BCUT2D eigenvalue weighted by Gasteiger charge is 2.01. The molecule has 1 aromatic carbocycles. The monoisotopic (exact) mass is 314 g/mol. The summed E-state index contributed by atoms with van der Waals surface area (Å²) in [6, 6.07) is 4.75. The van der Waals surface area contributed by atoms with E-state index >= 15 is 0 Å². The molecule has 0 aliphatic rings. The lowest BCUT2D eigenvalue weighted by molar-refractivity contribution is 0.623. The van der Waals surface area contributed by atoms with E-state index in [0.717, 1.165) is 34.6 Å². The van der Waals surface area contributed by atoms with Gasteiger partial charge in [-0.25, -0.2) is 9.37 Å². The van der Waals surface area contributed by atoms with Crippen LogP contribution < -0.4 is 5.32 Å². The molecule has 0 aliphatic heterocycles. The van der Waals surface area contributed by atoms with Crippen LogP contribution in [0.1, 0.15) is 10.6 Å². The highest BCUT2D eigenvalue weighted by atomic mass is 79.9. The van der Waals surface area contributed by atoms with Crippen LogP contribution in [0.5, 0.6) is 0 Å². The summed E-state index contributed by atoms with van der Waals surface area (Å²) < 4.78 is 13.7. The van der Waals surface area contributed by atoms with Crippen molar-refractivity contribution in [1.29, 1.82) is 0 Å². The minimum Gasteiger partial charge on any atom is -0.312 e. The van der Waals surface area contributed by atoms with E-state index in [1.165, 1.54) is 12.1 Å². The number of halogens is 2. The van der Waals surface area contributed by atoms with Crippen molar-refractivity contribution in [1.82, 2.24) is 10.3 Å². The van der Waals surface area contributed by atoms with Crippen molar-refractivity contribution in [2.45, 2.75) is 13.0 Å². The number of nitrogens with zero attached hydrogens (tertiary/aromatic N) is 1. The van der Waals surface area contributed by atoms with Gasteiger partial charge in [-0.05, 0) is 17.7 Å². The Morgan fingerprint density at radius 1 is 1.41 bits per heavy atom. The first-order chi connectivity index (χ1) is 8.25. The fourth-order valence-corrected chi connectivity index (χ4v) is 2.57. The van der Waals surface area contributed by atoms with Gasteiger partial charge in [-0.1, -0.05) is 22.0 Å². The molecule has 0 saturated carbocycles. The first kappa shape index (κ1) is 12.7. The van der Waals surface area contributed by atoms with Gasteiger partial charge in [0.05, 0.1) is 5.01 Å². The molecule has 2 aromatic rings. The summed E-state index contributed by atoms with van der Waals surface area (Å²) in [5, 5.41) is 6.43. The molecule has 0 bridgehead atoms. The zero-order valence-electron chi connectivity index (χ0n) is 9.12. The number of aromatic nitrogens is 1. The smallest absolute Gasteiger partial charge is 0.124 e. The van der Waals surface area contributed by atoms with E-state index < -0.39 is 0 Å². The van der Waals surface area contributed by atoms with Gasteiger partial charge in [0.25, 0.3) is 0 Å².